The second-order valence-corrected chi connectivity index (χ2v) is 6.36. The van der Waals surface area contributed by atoms with Gasteiger partial charge in [0.2, 0.25) is 5.89 Å². The van der Waals surface area contributed by atoms with Crippen molar-refractivity contribution in [1.29, 1.82) is 0 Å². The number of ether oxygens (including phenoxy) is 2. The fraction of sp³-hybridized carbons (Fsp3) is 0.273. The van der Waals surface area contributed by atoms with Gasteiger partial charge in [-0.2, -0.15) is 0 Å². The quantitative estimate of drug-likeness (QED) is 0.635. The molecule has 0 saturated carbocycles. The van der Waals surface area contributed by atoms with Crippen molar-refractivity contribution >= 4 is 5.91 Å². The van der Waals surface area contributed by atoms with Crippen LogP contribution in [0.2, 0.25) is 0 Å². The van der Waals surface area contributed by atoms with E-state index in [2.05, 4.69) is 10.3 Å². The van der Waals surface area contributed by atoms with Crippen LogP contribution in [0.3, 0.4) is 0 Å². The summed E-state index contributed by atoms with van der Waals surface area (Å²) in [5.41, 5.74) is 2.03. The van der Waals surface area contributed by atoms with E-state index in [9.17, 15) is 4.79 Å². The number of amides is 1. The van der Waals surface area contributed by atoms with Crippen LogP contribution in [-0.4, -0.2) is 37.3 Å². The lowest BCUT2D eigenvalue weighted by atomic mass is 10.1. The Morgan fingerprint density at radius 1 is 1.18 bits per heavy atom. The monoisotopic (exact) mass is 380 g/mol. The molecule has 28 heavy (non-hydrogen) atoms. The number of carbonyl (C=O) groups is 1. The molecule has 6 heteroatoms. The van der Waals surface area contributed by atoms with Crippen molar-refractivity contribution < 1.29 is 18.7 Å². The van der Waals surface area contributed by atoms with Crippen molar-refractivity contribution in [2.75, 3.05) is 20.3 Å². The second-order valence-electron chi connectivity index (χ2n) is 6.36. The maximum atomic E-state index is 12.6. The highest BCUT2D eigenvalue weighted by molar-refractivity contribution is 6.00. The standard InChI is InChI=1S/C22H24N2O4/c1-4-27-17-11-9-16(10-12-17)20-13-23-22(28-20)19-8-6-5-7-18(19)21(25)24-15(2)14-26-3/h5-13,15H,4,14H2,1-3H3,(H,24,25)/t15-/m1/s1. The first-order chi connectivity index (χ1) is 13.6. The first kappa shape index (κ1) is 19.6. The number of nitrogens with one attached hydrogen (secondary N) is 1. The Bertz CT molecular complexity index is 918. The van der Waals surface area contributed by atoms with Gasteiger partial charge in [0.05, 0.1) is 25.0 Å². The fourth-order valence-corrected chi connectivity index (χ4v) is 2.88. The number of methoxy groups -OCH3 is 1. The molecule has 0 bridgehead atoms. The zero-order chi connectivity index (χ0) is 19.9. The highest BCUT2D eigenvalue weighted by atomic mass is 16.5. The molecule has 3 rings (SSSR count). The van der Waals surface area contributed by atoms with Crippen molar-refractivity contribution in [3.05, 3.63) is 60.3 Å². The third-order valence-electron chi connectivity index (χ3n) is 4.15. The van der Waals surface area contributed by atoms with Crippen molar-refractivity contribution in [3.63, 3.8) is 0 Å². The summed E-state index contributed by atoms with van der Waals surface area (Å²) in [7, 11) is 1.60. The highest BCUT2D eigenvalue weighted by Gasteiger charge is 2.18. The van der Waals surface area contributed by atoms with E-state index < -0.39 is 0 Å². The van der Waals surface area contributed by atoms with E-state index in [1.807, 2.05) is 56.3 Å². The number of aromatic nitrogens is 1. The molecule has 0 radical (unpaired) electrons. The van der Waals surface area contributed by atoms with E-state index in [-0.39, 0.29) is 11.9 Å². The van der Waals surface area contributed by atoms with Crippen LogP contribution in [0.25, 0.3) is 22.8 Å². The molecule has 0 aliphatic carbocycles. The van der Waals surface area contributed by atoms with Crippen LogP contribution in [-0.2, 0) is 4.74 Å². The maximum Gasteiger partial charge on any atom is 0.252 e. The van der Waals surface area contributed by atoms with Gasteiger partial charge in [0.15, 0.2) is 5.76 Å². The van der Waals surface area contributed by atoms with Crippen LogP contribution in [0, 0.1) is 0 Å². The summed E-state index contributed by atoms with van der Waals surface area (Å²) >= 11 is 0. The molecule has 0 aliphatic heterocycles. The third-order valence-corrected chi connectivity index (χ3v) is 4.15. The van der Waals surface area contributed by atoms with Crippen LogP contribution in [0.15, 0.2) is 59.1 Å². The Labute approximate surface area is 164 Å². The minimum Gasteiger partial charge on any atom is -0.494 e. The number of oxazole rings is 1. The van der Waals surface area contributed by atoms with Gasteiger partial charge in [-0.3, -0.25) is 4.79 Å². The molecular formula is C22H24N2O4. The zero-order valence-corrected chi connectivity index (χ0v) is 16.3. The van der Waals surface area contributed by atoms with Crippen molar-refractivity contribution in [2.45, 2.75) is 19.9 Å². The summed E-state index contributed by atoms with van der Waals surface area (Å²) < 4.78 is 16.5. The maximum absolute atomic E-state index is 12.6. The normalized spacial score (nSPS) is 11.8. The molecule has 146 valence electrons. The van der Waals surface area contributed by atoms with Gasteiger partial charge in [-0.15, -0.1) is 0 Å². The molecule has 1 atom stereocenters. The Morgan fingerprint density at radius 2 is 1.93 bits per heavy atom. The first-order valence-electron chi connectivity index (χ1n) is 9.20. The largest absolute Gasteiger partial charge is 0.494 e. The molecule has 1 N–H and O–H groups in total. The van der Waals surface area contributed by atoms with E-state index >= 15 is 0 Å². The molecular weight excluding hydrogens is 356 g/mol. The number of benzene rings is 2. The number of hydrogen-bond acceptors (Lipinski definition) is 5. The lowest BCUT2D eigenvalue weighted by molar-refractivity contribution is 0.0906. The van der Waals surface area contributed by atoms with E-state index in [0.717, 1.165) is 11.3 Å². The van der Waals surface area contributed by atoms with Gasteiger partial charge >= 0.3 is 0 Å². The number of carbonyl (C=O) groups excluding carboxylic acids is 1. The van der Waals surface area contributed by atoms with Gasteiger partial charge in [0, 0.05) is 24.3 Å². The average molecular weight is 380 g/mol. The molecule has 2 aromatic carbocycles. The predicted molar refractivity (Wildman–Crippen MR) is 107 cm³/mol. The van der Waals surface area contributed by atoms with Gasteiger partial charge in [-0.1, -0.05) is 12.1 Å². The second kappa shape index (κ2) is 9.19. The van der Waals surface area contributed by atoms with E-state index in [0.29, 0.717) is 36.0 Å². The molecule has 1 aromatic heterocycles. The molecule has 0 unspecified atom stereocenters. The molecule has 1 heterocycles. The van der Waals surface area contributed by atoms with Crippen LogP contribution in [0.4, 0.5) is 0 Å². The summed E-state index contributed by atoms with van der Waals surface area (Å²) in [6, 6.07) is 14.8. The van der Waals surface area contributed by atoms with Crippen LogP contribution in [0.5, 0.6) is 5.75 Å². The molecule has 3 aromatic rings. The van der Waals surface area contributed by atoms with E-state index in [1.54, 1.807) is 19.4 Å². The van der Waals surface area contributed by atoms with Crippen molar-refractivity contribution in [2.24, 2.45) is 0 Å². The van der Waals surface area contributed by atoms with Gasteiger partial charge in [0.1, 0.15) is 5.75 Å². The van der Waals surface area contributed by atoms with Gasteiger partial charge < -0.3 is 19.2 Å². The minimum absolute atomic E-state index is 0.102. The molecule has 6 nitrogen and oxygen atoms in total. The van der Waals surface area contributed by atoms with Crippen molar-refractivity contribution in [1.82, 2.24) is 10.3 Å². The predicted octanol–water partition coefficient (Wildman–Crippen LogP) is 4.17. The summed E-state index contributed by atoms with van der Waals surface area (Å²) in [5.74, 6) is 1.63. The smallest absolute Gasteiger partial charge is 0.252 e. The summed E-state index contributed by atoms with van der Waals surface area (Å²) in [4.78, 5) is 17.0. The zero-order valence-electron chi connectivity index (χ0n) is 16.3. The SMILES string of the molecule is CCOc1ccc(-c2cnc(-c3ccccc3C(=O)N[C@H](C)COC)o2)cc1. The molecule has 0 fully saturated rings. The Kier molecular flexibility index (Phi) is 6.45. The van der Waals surface area contributed by atoms with Gasteiger partial charge in [-0.25, -0.2) is 4.98 Å². The van der Waals surface area contributed by atoms with Crippen LogP contribution < -0.4 is 10.1 Å². The van der Waals surface area contributed by atoms with Crippen molar-refractivity contribution in [3.8, 4) is 28.5 Å². The summed E-state index contributed by atoms with van der Waals surface area (Å²) in [6.07, 6.45) is 1.66. The van der Waals surface area contributed by atoms with Crippen LogP contribution in [0.1, 0.15) is 24.2 Å². The molecule has 0 aliphatic rings. The number of rotatable bonds is 8. The first-order valence-corrected chi connectivity index (χ1v) is 9.20. The summed E-state index contributed by atoms with van der Waals surface area (Å²) in [5, 5.41) is 2.92. The lowest BCUT2D eigenvalue weighted by Gasteiger charge is -2.14. The fourth-order valence-electron chi connectivity index (χ4n) is 2.88. The Balaban J connectivity index is 1.84. The van der Waals surface area contributed by atoms with Gasteiger partial charge in [0.25, 0.3) is 5.91 Å². The third kappa shape index (κ3) is 4.58. The van der Waals surface area contributed by atoms with E-state index in [4.69, 9.17) is 13.9 Å². The Hall–Kier alpha value is -3.12. The van der Waals surface area contributed by atoms with E-state index in [1.165, 1.54) is 0 Å². The topological polar surface area (TPSA) is 73.6 Å². The number of hydrogen-bond donors (Lipinski definition) is 1. The Morgan fingerprint density at radius 3 is 2.64 bits per heavy atom. The van der Waals surface area contributed by atoms with Crippen LogP contribution >= 0.6 is 0 Å². The highest BCUT2D eigenvalue weighted by Crippen LogP contribution is 2.29. The average Bonchev–Trinajstić information content (AvgIpc) is 3.19. The number of nitrogens with zero attached hydrogens (tertiary/aromatic N) is 1. The minimum atomic E-state index is -0.194. The lowest BCUT2D eigenvalue weighted by Crippen LogP contribution is -2.35. The molecule has 0 spiro atoms. The molecule has 0 saturated heterocycles. The summed E-state index contributed by atoms with van der Waals surface area (Å²) in [6.45, 7) is 4.89. The molecule has 1 amide bonds. The van der Waals surface area contributed by atoms with Gasteiger partial charge in [-0.05, 0) is 50.2 Å².